The Morgan fingerprint density at radius 2 is 2.06 bits per heavy atom. The molecule has 0 aliphatic heterocycles. The van der Waals surface area contributed by atoms with Gasteiger partial charge in [0, 0.05) is 18.8 Å². The van der Waals surface area contributed by atoms with Gasteiger partial charge in [0.15, 0.2) is 0 Å². The van der Waals surface area contributed by atoms with Crippen molar-refractivity contribution < 1.29 is 9.53 Å². The summed E-state index contributed by atoms with van der Waals surface area (Å²) in [4.78, 5) is 13.6. The Morgan fingerprint density at radius 3 is 2.59 bits per heavy atom. The normalized spacial score (nSPS) is 12.4. The zero-order valence-electron chi connectivity index (χ0n) is 10.8. The zero-order valence-corrected chi connectivity index (χ0v) is 10.8. The van der Waals surface area contributed by atoms with Crippen LogP contribution in [0.1, 0.15) is 13.8 Å². The lowest BCUT2D eigenvalue weighted by atomic mass is 10.0. The third-order valence-corrected chi connectivity index (χ3v) is 2.77. The van der Waals surface area contributed by atoms with E-state index in [4.69, 9.17) is 10.5 Å². The molecular weight excluding hydrogens is 216 g/mol. The number of amides is 1. The first-order valence-electron chi connectivity index (χ1n) is 5.64. The highest BCUT2D eigenvalue weighted by Gasteiger charge is 2.22. The number of likely N-dealkylation sites (N-methyl/N-ethyl adjacent to an activating group) is 1. The number of rotatable bonds is 4. The van der Waals surface area contributed by atoms with E-state index in [0.717, 1.165) is 11.4 Å². The van der Waals surface area contributed by atoms with Crippen molar-refractivity contribution >= 4 is 11.6 Å². The molecule has 0 radical (unpaired) electrons. The first-order valence-corrected chi connectivity index (χ1v) is 5.64. The molecule has 1 rings (SSSR count). The molecule has 0 saturated heterocycles. The van der Waals surface area contributed by atoms with Gasteiger partial charge in [-0.3, -0.25) is 4.79 Å². The standard InChI is InChI=1S/C13H20N2O2/c1-9(2)12(14)13(16)15(3)10-6-5-7-11(8-10)17-4/h5-9,12H,14H2,1-4H3/t12-/m0/s1. The average molecular weight is 236 g/mol. The molecule has 1 atom stereocenters. The summed E-state index contributed by atoms with van der Waals surface area (Å²) < 4.78 is 5.12. The Morgan fingerprint density at radius 1 is 1.41 bits per heavy atom. The number of carbonyl (C=O) groups is 1. The molecule has 2 N–H and O–H groups in total. The third-order valence-electron chi connectivity index (χ3n) is 2.77. The van der Waals surface area contributed by atoms with Crippen LogP contribution in [0.5, 0.6) is 5.75 Å². The number of anilines is 1. The molecule has 4 nitrogen and oxygen atoms in total. The van der Waals surface area contributed by atoms with Crippen molar-refractivity contribution in [1.29, 1.82) is 0 Å². The van der Waals surface area contributed by atoms with Gasteiger partial charge in [-0.15, -0.1) is 0 Å². The van der Waals surface area contributed by atoms with Crippen LogP contribution in [0.25, 0.3) is 0 Å². The molecule has 0 saturated carbocycles. The zero-order chi connectivity index (χ0) is 13.0. The number of nitrogens with two attached hydrogens (primary N) is 1. The van der Waals surface area contributed by atoms with Crippen LogP contribution in [0.4, 0.5) is 5.69 Å². The maximum Gasteiger partial charge on any atom is 0.243 e. The summed E-state index contributed by atoms with van der Waals surface area (Å²) in [7, 11) is 3.32. The highest BCUT2D eigenvalue weighted by atomic mass is 16.5. The van der Waals surface area contributed by atoms with E-state index in [9.17, 15) is 4.79 Å². The van der Waals surface area contributed by atoms with E-state index < -0.39 is 6.04 Å². The third kappa shape index (κ3) is 3.20. The fraction of sp³-hybridized carbons (Fsp3) is 0.462. The average Bonchev–Trinajstić information content (AvgIpc) is 2.36. The van der Waals surface area contributed by atoms with Gasteiger partial charge in [-0.25, -0.2) is 0 Å². The van der Waals surface area contributed by atoms with Crippen molar-refractivity contribution in [3.63, 3.8) is 0 Å². The van der Waals surface area contributed by atoms with Gasteiger partial charge in [0.25, 0.3) is 0 Å². The first kappa shape index (κ1) is 13.5. The molecule has 0 spiro atoms. The number of nitrogens with zero attached hydrogens (tertiary/aromatic N) is 1. The molecule has 0 aromatic heterocycles. The minimum Gasteiger partial charge on any atom is -0.497 e. The highest BCUT2D eigenvalue weighted by Crippen LogP contribution is 2.20. The second kappa shape index (κ2) is 5.68. The molecule has 0 aliphatic carbocycles. The Balaban J connectivity index is 2.88. The topological polar surface area (TPSA) is 55.6 Å². The summed E-state index contributed by atoms with van der Waals surface area (Å²) in [6.45, 7) is 3.87. The molecule has 4 heteroatoms. The van der Waals surface area contributed by atoms with Crippen molar-refractivity contribution in [2.45, 2.75) is 19.9 Å². The number of hydrogen-bond acceptors (Lipinski definition) is 3. The number of benzene rings is 1. The van der Waals surface area contributed by atoms with Crippen LogP contribution < -0.4 is 15.4 Å². The summed E-state index contributed by atoms with van der Waals surface area (Å²) in [5.74, 6) is 0.754. The molecule has 0 bridgehead atoms. The van der Waals surface area contributed by atoms with E-state index in [1.54, 1.807) is 19.1 Å². The van der Waals surface area contributed by atoms with Gasteiger partial charge in [-0.05, 0) is 18.1 Å². The molecule has 1 aromatic carbocycles. The highest BCUT2D eigenvalue weighted by molar-refractivity contribution is 5.96. The molecule has 17 heavy (non-hydrogen) atoms. The predicted molar refractivity (Wildman–Crippen MR) is 69.2 cm³/mol. The van der Waals surface area contributed by atoms with Crippen LogP contribution in [-0.4, -0.2) is 26.1 Å². The molecule has 94 valence electrons. The van der Waals surface area contributed by atoms with Crippen LogP contribution in [0.15, 0.2) is 24.3 Å². The van der Waals surface area contributed by atoms with Crippen molar-refractivity contribution in [3.05, 3.63) is 24.3 Å². The Labute approximate surface area is 102 Å². The van der Waals surface area contributed by atoms with Crippen LogP contribution in [0.3, 0.4) is 0 Å². The summed E-state index contributed by atoms with van der Waals surface area (Å²) in [6, 6.07) is 6.87. The van der Waals surface area contributed by atoms with E-state index in [1.165, 1.54) is 0 Å². The molecule has 0 unspecified atom stereocenters. The summed E-state index contributed by atoms with van der Waals surface area (Å²) in [5, 5.41) is 0. The van der Waals surface area contributed by atoms with Crippen LogP contribution >= 0.6 is 0 Å². The van der Waals surface area contributed by atoms with Gasteiger partial charge < -0.3 is 15.4 Å². The van der Waals surface area contributed by atoms with E-state index in [1.807, 2.05) is 38.1 Å². The van der Waals surface area contributed by atoms with Gasteiger partial charge in [-0.1, -0.05) is 19.9 Å². The fourth-order valence-corrected chi connectivity index (χ4v) is 1.46. The van der Waals surface area contributed by atoms with Gasteiger partial charge in [0.1, 0.15) is 5.75 Å². The van der Waals surface area contributed by atoms with Crippen LogP contribution in [0.2, 0.25) is 0 Å². The summed E-state index contributed by atoms with van der Waals surface area (Å²) >= 11 is 0. The van der Waals surface area contributed by atoms with Gasteiger partial charge in [0.2, 0.25) is 5.91 Å². The van der Waals surface area contributed by atoms with E-state index in [0.29, 0.717) is 0 Å². The predicted octanol–water partition coefficient (Wildman–Crippen LogP) is 1.64. The lowest BCUT2D eigenvalue weighted by Crippen LogP contribution is -2.45. The molecular formula is C13H20N2O2. The van der Waals surface area contributed by atoms with E-state index >= 15 is 0 Å². The second-order valence-corrected chi connectivity index (χ2v) is 4.37. The van der Waals surface area contributed by atoms with E-state index in [2.05, 4.69) is 0 Å². The van der Waals surface area contributed by atoms with Crippen LogP contribution in [-0.2, 0) is 4.79 Å². The van der Waals surface area contributed by atoms with Gasteiger partial charge >= 0.3 is 0 Å². The first-order chi connectivity index (χ1) is 7.97. The number of carbonyl (C=O) groups excluding carboxylic acids is 1. The lowest BCUT2D eigenvalue weighted by molar-refractivity contribution is -0.120. The van der Waals surface area contributed by atoms with Crippen molar-refractivity contribution in [2.75, 3.05) is 19.1 Å². The monoisotopic (exact) mass is 236 g/mol. The van der Waals surface area contributed by atoms with Gasteiger partial charge in [-0.2, -0.15) is 0 Å². The molecule has 1 aromatic rings. The Kier molecular flexibility index (Phi) is 4.52. The maximum atomic E-state index is 12.0. The minimum atomic E-state index is -0.480. The maximum absolute atomic E-state index is 12.0. The second-order valence-electron chi connectivity index (χ2n) is 4.37. The number of hydrogen-bond donors (Lipinski definition) is 1. The van der Waals surface area contributed by atoms with Crippen LogP contribution in [0, 0.1) is 5.92 Å². The quantitative estimate of drug-likeness (QED) is 0.864. The fourth-order valence-electron chi connectivity index (χ4n) is 1.46. The summed E-state index contributed by atoms with van der Waals surface area (Å²) in [6.07, 6.45) is 0. The molecule has 0 heterocycles. The number of methoxy groups -OCH3 is 1. The SMILES string of the molecule is COc1cccc(N(C)C(=O)[C@@H](N)C(C)C)c1. The molecule has 1 amide bonds. The Bertz CT molecular complexity index is 391. The Hall–Kier alpha value is -1.55. The van der Waals surface area contributed by atoms with Crippen molar-refractivity contribution in [2.24, 2.45) is 11.7 Å². The molecule has 0 fully saturated rings. The number of ether oxygens (including phenoxy) is 1. The van der Waals surface area contributed by atoms with Crippen molar-refractivity contribution in [3.8, 4) is 5.75 Å². The van der Waals surface area contributed by atoms with Gasteiger partial charge in [0.05, 0.1) is 13.2 Å². The minimum absolute atomic E-state index is 0.0896. The lowest BCUT2D eigenvalue weighted by Gasteiger charge is -2.23. The van der Waals surface area contributed by atoms with E-state index in [-0.39, 0.29) is 11.8 Å². The molecule has 0 aliphatic rings. The smallest absolute Gasteiger partial charge is 0.243 e. The van der Waals surface area contributed by atoms with Crippen molar-refractivity contribution in [1.82, 2.24) is 0 Å². The summed E-state index contributed by atoms with van der Waals surface area (Å²) in [5.41, 5.74) is 6.63. The largest absolute Gasteiger partial charge is 0.497 e.